The van der Waals surface area contributed by atoms with Crippen molar-refractivity contribution in [3.05, 3.63) is 51.8 Å². The number of amides is 1. The number of carbonyl (C=O) groups is 1. The van der Waals surface area contributed by atoms with E-state index in [2.05, 4.69) is 40.4 Å². The van der Waals surface area contributed by atoms with Gasteiger partial charge in [-0.3, -0.25) is 4.79 Å². The molecule has 1 aromatic heterocycles. The van der Waals surface area contributed by atoms with Crippen molar-refractivity contribution in [3.8, 4) is 0 Å². The van der Waals surface area contributed by atoms with Crippen molar-refractivity contribution in [2.45, 2.75) is 70.5 Å². The zero-order valence-corrected chi connectivity index (χ0v) is 17.6. The van der Waals surface area contributed by atoms with Crippen LogP contribution in [0.2, 0.25) is 0 Å². The van der Waals surface area contributed by atoms with Gasteiger partial charge in [-0.25, -0.2) is 9.97 Å². The molecule has 4 nitrogen and oxygen atoms in total. The summed E-state index contributed by atoms with van der Waals surface area (Å²) in [4.78, 5) is 21.5. The molecule has 1 atom stereocenters. The van der Waals surface area contributed by atoms with E-state index in [0.29, 0.717) is 12.8 Å². The SMILES string of the molecule is CSc1nc(C)c(CCC(=O)N[C@H](C)c2ccc3c(c2)CCCC3)c(C)n1. The van der Waals surface area contributed by atoms with Crippen molar-refractivity contribution in [2.75, 3.05) is 6.26 Å². The Morgan fingerprint density at radius 3 is 2.48 bits per heavy atom. The lowest BCUT2D eigenvalue weighted by Crippen LogP contribution is -2.27. The maximum Gasteiger partial charge on any atom is 0.220 e. The van der Waals surface area contributed by atoms with Gasteiger partial charge < -0.3 is 5.32 Å². The van der Waals surface area contributed by atoms with E-state index >= 15 is 0 Å². The average molecular weight is 384 g/mol. The molecular formula is C22H29N3OS. The number of nitrogens with zero attached hydrogens (tertiary/aromatic N) is 2. The Bertz CT molecular complexity index is 811. The minimum absolute atomic E-state index is 0.0297. The van der Waals surface area contributed by atoms with E-state index < -0.39 is 0 Å². The van der Waals surface area contributed by atoms with Gasteiger partial charge in [0.05, 0.1) is 6.04 Å². The predicted molar refractivity (Wildman–Crippen MR) is 111 cm³/mol. The molecule has 1 amide bonds. The predicted octanol–water partition coefficient (Wildman–Crippen LogP) is 4.50. The van der Waals surface area contributed by atoms with Crippen LogP contribution in [-0.4, -0.2) is 22.1 Å². The largest absolute Gasteiger partial charge is 0.350 e. The number of benzene rings is 1. The molecule has 3 rings (SSSR count). The van der Waals surface area contributed by atoms with E-state index in [1.807, 2.05) is 20.1 Å². The van der Waals surface area contributed by atoms with Crippen LogP contribution in [0.15, 0.2) is 23.4 Å². The van der Waals surface area contributed by atoms with Crippen molar-refractivity contribution in [3.63, 3.8) is 0 Å². The molecule has 2 aromatic rings. The highest BCUT2D eigenvalue weighted by Gasteiger charge is 2.15. The van der Waals surface area contributed by atoms with Gasteiger partial charge in [-0.05, 0) is 81.4 Å². The highest BCUT2D eigenvalue weighted by Crippen LogP contribution is 2.25. The van der Waals surface area contributed by atoms with E-state index in [9.17, 15) is 4.79 Å². The molecule has 0 aliphatic heterocycles. The van der Waals surface area contributed by atoms with Gasteiger partial charge in [0, 0.05) is 17.8 Å². The van der Waals surface area contributed by atoms with Crippen molar-refractivity contribution < 1.29 is 4.79 Å². The van der Waals surface area contributed by atoms with E-state index in [1.165, 1.54) is 36.0 Å². The standard InChI is InChI=1S/C22H29N3OS/c1-14(18-10-9-17-7-5-6-8-19(17)13-18)23-21(26)12-11-20-15(2)24-22(27-4)25-16(20)3/h9-10,13-14H,5-8,11-12H2,1-4H3,(H,23,26)/t14-/m1/s1. The van der Waals surface area contributed by atoms with Gasteiger partial charge in [0.1, 0.15) is 0 Å². The van der Waals surface area contributed by atoms with Gasteiger partial charge in [-0.1, -0.05) is 30.0 Å². The van der Waals surface area contributed by atoms with Crippen molar-refractivity contribution in [1.29, 1.82) is 0 Å². The van der Waals surface area contributed by atoms with Crippen LogP contribution in [0.5, 0.6) is 0 Å². The van der Waals surface area contributed by atoms with Crippen LogP contribution in [0.3, 0.4) is 0 Å². The minimum Gasteiger partial charge on any atom is -0.350 e. The molecule has 0 saturated carbocycles. The number of thioether (sulfide) groups is 1. The number of hydrogen-bond donors (Lipinski definition) is 1. The zero-order valence-electron chi connectivity index (χ0n) is 16.8. The second-order valence-electron chi connectivity index (χ2n) is 7.38. The highest BCUT2D eigenvalue weighted by atomic mass is 32.2. The Morgan fingerprint density at radius 1 is 1.15 bits per heavy atom. The first-order valence-electron chi connectivity index (χ1n) is 9.77. The fourth-order valence-electron chi connectivity index (χ4n) is 3.82. The number of carbonyl (C=O) groups excluding carboxylic acids is 1. The summed E-state index contributed by atoms with van der Waals surface area (Å²) in [5.41, 5.74) is 7.17. The van der Waals surface area contributed by atoms with Crippen LogP contribution < -0.4 is 5.32 Å². The van der Waals surface area contributed by atoms with Crippen molar-refractivity contribution in [1.82, 2.24) is 15.3 Å². The van der Waals surface area contributed by atoms with Gasteiger partial charge in [0.25, 0.3) is 0 Å². The topological polar surface area (TPSA) is 54.9 Å². The maximum absolute atomic E-state index is 12.5. The number of aromatic nitrogens is 2. The summed E-state index contributed by atoms with van der Waals surface area (Å²) in [7, 11) is 0. The fourth-order valence-corrected chi connectivity index (χ4v) is 4.28. The lowest BCUT2D eigenvalue weighted by Gasteiger charge is -2.20. The van der Waals surface area contributed by atoms with Crippen LogP contribution in [0.25, 0.3) is 0 Å². The molecule has 0 fully saturated rings. The summed E-state index contributed by atoms with van der Waals surface area (Å²) in [6.45, 7) is 6.06. The molecule has 0 radical (unpaired) electrons. The fraction of sp³-hybridized carbons (Fsp3) is 0.500. The Kier molecular flexibility index (Phi) is 6.53. The Labute approximate surface area is 166 Å². The smallest absolute Gasteiger partial charge is 0.220 e. The first kappa shape index (κ1) is 19.9. The molecule has 5 heteroatoms. The van der Waals surface area contributed by atoms with Gasteiger partial charge in [0.2, 0.25) is 5.91 Å². The Morgan fingerprint density at radius 2 is 1.81 bits per heavy atom. The Hall–Kier alpha value is -1.88. The Balaban J connectivity index is 1.59. The minimum atomic E-state index is 0.0297. The van der Waals surface area contributed by atoms with E-state index in [4.69, 9.17) is 0 Å². The zero-order chi connectivity index (χ0) is 19.4. The molecule has 1 N–H and O–H groups in total. The molecule has 0 saturated heterocycles. The molecule has 27 heavy (non-hydrogen) atoms. The summed E-state index contributed by atoms with van der Waals surface area (Å²) in [6.07, 6.45) is 8.02. The van der Waals surface area contributed by atoms with Crippen LogP contribution >= 0.6 is 11.8 Å². The normalized spacial score (nSPS) is 14.5. The second kappa shape index (κ2) is 8.87. The first-order valence-corrected chi connectivity index (χ1v) is 11.0. The number of nitrogens with one attached hydrogen (secondary N) is 1. The van der Waals surface area contributed by atoms with Gasteiger partial charge in [0.15, 0.2) is 5.16 Å². The molecule has 1 aromatic carbocycles. The lowest BCUT2D eigenvalue weighted by molar-refractivity contribution is -0.121. The van der Waals surface area contributed by atoms with E-state index in [-0.39, 0.29) is 11.9 Å². The van der Waals surface area contributed by atoms with Crippen LogP contribution in [0, 0.1) is 13.8 Å². The monoisotopic (exact) mass is 383 g/mol. The van der Waals surface area contributed by atoms with Crippen LogP contribution in [0.1, 0.15) is 65.9 Å². The molecule has 1 aliphatic carbocycles. The number of fused-ring (bicyclic) bond motifs is 1. The van der Waals surface area contributed by atoms with Gasteiger partial charge >= 0.3 is 0 Å². The molecular weight excluding hydrogens is 354 g/mol. The van der Waals surface area contributed by atoms with Crippen molar-refractivity contribution in [2.24, 2.45) is 0 Å². The van der Waals surface area contributed by atoms with Gasteiger partial charge in [-0.2, -0.15) is 0 Å². The summed E-state index contributed by atoms with van der Waals surface area (Å²) in [5.74, 6) is 0.0768. The van der Waals surface area contributed by atoms with E-state index in [1.54, 1.807) is 11.8 Å². The number of hydrogen-bond acceptors (Lipinski definition) is 4. The summed E-state index contributed by atoms with van der Waals surface area (Å²) >= 11 is 1.54. The third kappa shape index (κ3) is 4.89. The highest BCUT2D eigenvalue weighted by molar-refractivity contribution is 7.98. The lowest BCUT2D eigenvalue weighted by atomic mass is 9.89. The second-order valence-corrected chi connectivity index (χ2v) is 8.16. The van der Waals surface area contributed by atoms with Gasteiger partial charge in [-0.15, -0.1) is 0 Å². The average Bonchev–Trinajstić information content (AvgIpc) is 2.66. The number of aryl methyl sites for hydroxylation is 4. The van der Waals surface area contributed by atoms with Crippen molar-refractivity contribution >= 4 is 17.7 Å². The van der Waals surface area contributed by atoms with E-state index in [0.717, 1.165) is 28.5 Å². The molecule has 0 bridgehead atoms. The molecule has 0 unspecified atom stereocenters. The van der Waals surface area contributed by atoms with Crippen LogP contribution in [-0.2, 0) is 24.1 Å². The summed E-state index contributed by atoms with van der Waals surface area (Å²) in [5, 5.41) is 3.94. The first-order chi connectivity index (χ1) is 13.0. The molecule has 144 valence electrons. The number of rotatable bonds is 6. The molecule has 1 heterocycles. The molecule has 1 aliphatic rings. The third-order valence-electron chi connectivity index (χ3n) is 5.43. The summed E-state index contributed by atoms with van der Waals surface area (Å²) in [6, 6.07) is 6.72. The summed E-state index contributed by atoms with van der Waals surface area (Å²) < 4.78 is 0. The third-order valence-corrected chi connectivity index (χ3v) is 5.98. The van der Waals surface area contributed by atoms with Crippen LogP contribution in [0.4, 0.5) is 0 Å². The molecule has 0 spiro atoms. The quantitative estimate of drug-likeness (QED) is 0.589. The maximum atomic E-state index is 12.5.